The zero-order valence-corrected chi connectivity index (χ0v) is 18.1. The van der Waals surface area contributed by atoms with Crippen LogP contribution in [0.25, 0.3) is 0 Å². The monoisotopic (exact) mass is 405 g/mol. The number of nitrogens with zero attached hydrogens (tertiary/aromatic N) is 1. The highest BCUT2D eigenvalue weighted by Gasteiger charge is 2.48. The van der Waals surface area contributed by atoms with Crippen molar-refractivity contribution in [2.24, 2.45) is 0 Å². The summed E-state index contributed by atoms with van der Waals surface area (Å²) < 4.78 is 17.2. The van der Waals surface area contributed by atoms with Crippen LogP contribution < -0.4 is 9.47 Å². The van der Waals surface area contributed by atoms with Crippen molar-refractivity contribution < 1.29 is 24.1 Å². The Hall–Kier alpha value is -1.95. The first kappa shape index (κ1) is 21.8. The third kappa shape index (κ3) is 5.56. The Morgan fingerprint density at radius 1 is 1.14 bits per heavy atom. The van der Waals surface area contributed by atoms with Crippen LogP contribution in [-0.4, -0.2) is 52.6 Å². The quantitative estimate of drug-likeness (QED) is 0.753. The SMILES string of the molecule is CCOc1ccccc1OCCC1(O)CC2CCCC(C1)N2C(=O)OC(C)(C)C. The number of rotatable bonds is 6. The summed E-state index contributed by atoms with van der Waals surface area (Å²) in [5.41, 5.74) is -1.34. The van der Waals surface area contributed by atoms with E-state index in [0.29, 0.717) is 38.2 Å². The van der Waals surface area contributed by atoms with Crippen LogP contribution in [0.15, 0.2) is 24.3 Å². The molecule has 29 heavy (non-hydrogen) atoms. The number of benzene rings is 1. The maximum atomic E-state index is 12.7. The lowest BCUT2D eigenvalue weighted by atomic mass is 9.74. The number of aliphatic hydroxyl groups is 1. The van der Waals surface area contributed by atoms with E-state index in [-0.39, 0.29) is 18.2 Å². The van der Waals surface area contributed by atoms with Crippen molar-refractivity contribution in [2.45, 2.75) is 89.5 Å². The number of amides is 1. The molecule has 2 bridgehead atoms. The summed E-state index contributed by atoms with van der Waals surface area (Å²) in [6, 6.07) is 7.65. The lowest BCUT2D eigenvalue weighted by Crippen LogP contribution is -2.60. The van der Waals surface area contributed by atoms with Gasteiger partial charge in [-0.25, -0.2) is 4.79 Å². The molecule has 1 amide bonds. The molecule has 6 heteroatoms. The van der Waals surface area contributed by atoms with E-state index in [2.05, 4.69) is 0 Å². The van der Waals surface area contributed by atoms with Crippen LogP contribution in [0.1, 0.15) is 66.2 Å². The molecular formula is C23H35NO5. The minimum absolute atomic E-state index is 0.0260. The summed E-state index contributed by atoms with van der Waals surface area (Å²) in [5, 5.41) is 11.3. The van der Waals surface area contributed by atoms with Gasteiger partial charge in [-0.15, -0.1) is 0 Å². The first-order valence-corrected chi connectivity index (χ1v) is 10.8. The van der Waals surface area contributed by atoms with Crippen molar-refractivity contribution in [3.8, 4) is 11.5 Å². The third-order valence-electron chi connectivity index (χ3n) is 5.67. The van der Waals surface area contributed by atoms with Crippen LogP contribution in [0.2, 0.25) is 0 Å². The lowest BCUT2D eigenvalue weighted by molar-refractivity contribution is -0.0991. The first-order chi connectivity index (χ1) is 13.7. The Morgan fingerprint density at radius 3 is 2.28 bits per heavy atom. The first-order valence-electron chi connectivity index (χ1n) is 10.8. The number of piperidine rings is 2. The molecule has 0 radical (unpaired) electrons. The summed E-state index contributed by atoms with van der Waals surface area (Å²) >= 11 is 0. The molecule has 2 heterocycles. The van der Waals surface area contributed by atoms with Crippen molar-refractivity contribution in [1.29, 1.82) is 0 Å². The number of carbonyl (C=O) groups is 1. The number of para-hydroxylation sites is 2. The molecule has 2 fully saturated rings. The molecule has 0 spiro atoms. The molecule has 1 N–H and O–H groups in total. The van der Waals surface area contributed by atoms with Gasteiger partial charge < -0.3 is 24.2 Å². The predicted molar refractivity (Wildman–Crippen MR) is 111 cm³/mol. The van der Waals surface area contributed by atoms with E-state index >= 15 is 0 Å². The number of hydrogen-bond acceptors (Lipinski definition) is 5. The van der Waals surface area contributed by atoms with Crippen LogP contribution in [-0.2, 0) is 4.74 Å². The molecule has 2 aliphatic rings. The topological polar surface area (TPSA) is 68.2 Å². The minimum Gasteiger partial charge on any atom is -0.490 e. The van der Waals surface area contributed by atoms with Gasteiger partial charge in [0.25, 0.3) is 0 Å². The highest BCUT2D eigenvalue weighted by Crippen LogP contribution is 2.41. The fourth-order valence-corrected chi connectivity index (χ4v) is 4.54. The molecule has 2 unspecified atom stereocenters. The summed E-state index contributed by atoms with van der Waals surface area (Å²) in [5.74, 6) is 1.42. The average Bonchev–Trinajstić information content (AvgIpc) is 2.61. The molecular weight excluding hydrogens is 370 g/mol. The molecule has 3 rings (SSSR count). The summed E-state index contributed by atoms with van der Waals surface area (Å²) in [6.07, 6.45) is 4.32. The zero-order chi connectivity index (χ0) is 21.1. The average molecular weight is 406 g/mol. The van der Waals surface area contributed by atoms with E-state index in [4.69, 9.17) is 14.2 Å². The fraction of sp³-hybridized carbons (Fsp3) is 0.696. The minimum atomic E-state index is -0.825. The second-order valence-corrected chi connectivity index (χ2v) is 9.24. The van der Waals surface area contributed by atoms with Gasteiger partial charge in [-0.2, -0.15) is 0 Å². The van der Waals surface area contributed by atoms with Gasteiger partial charge in [-0.05, 0) is 71.9 Å². The van der Waals surface area contributed by atoms with Crippen LogP contribution in [0.4, 0.5) is 4.79 Å². The molecule has 2 aliphatic heterocycles. The molecule has 6 nitrogen and oxygen atoms in total. The van der Waals surface area contributed by atoms with Crippen molar-refractivity contribution in [2.75, 3.05) is 13.2 Å². The van der Waals surface area contributed by atoms with Gasteiger partial charge in [-0.1, -0.05) is 12.1 Å². The molecule has 1 aromatic rings. The van der Waals surface area contributed by atoms with Crippen molar-refractivity contribution in [3.63, 3.8) is 0 Å². The van der Waals surface area contributed by atoms with Crippen LogP contribution in [0.5, 0.6) is 11.5 Å². The zero-order valence-electron chi connectivity index (χ0n) is 18.1. The molecule has 2 atom stereocenters. The highest BCUT2D eigenvalue weighted by atomic mass is 16.6. The predicted octanol–water partition coefficient (Wildman–Crippen LogP) is 4.54. The fourth-order valence-electron chi connectivity index (χ4n) is 4.54. The van der Waals surface area contributed by atoms with Gasteiger partial charge in [0.1, 0.15) is 5.60 Å². The largest absolute Gasteiger partial charge is 0.490 e. The summed E-state index contributed by atoms with van der Waals surface area (Å²) in [4.78, 5) is 14.6. The second-order valence-electron chi connectivity index (χ2n) is 9.24. The van der Waals surface area contributed by atoms with Gasteiger partial charge >= 0.3 is 6.09 Å². The summed E-state index contributed by atoms with van der Waals surface area (Å²) in [7, 11) is 0. The van der Waals surface area contributed by atoms with Gasteiger partial charge in [-0.3, -0.25) is 0 Å². The van der Waals surface area contributed by atoms with E-state index < -0.39 is 11.2 Å². The number of carbonyl (C=O) groups excluding carboxylic acids is 1. The molecule has 0 aromatic heterocycles. The Balaban J connectivity index is 1.60. The molecule has 2 saturated heterocycles. The van der Waals surface area contributed by atoms with Crippen molar-refractivity contribution >= 4 is 6.09 Å². The maximum Gasteiger partial charge on any atom is 0.410 e. The smallest absolute Gasteiger partial charge is 0.410 e. The van der Waals surface area contributed by atoms with Gasteiger partial charge in [0, 0.05) is 18.5 Å². The number of hydrogen-bond donors (Lipinski definition) is 1. The third-order valence-corrected chi connectivity index (χ3v) is 5.67. The number of ether oxygens (including phenoxy) is 3. The summed E-state index contributed by atoms with van der Waals surface area (Å²) in [6.45, 7) is 8.59. The standard InChI is InChI=1S/C23H35NO5/c1-5-27-19-11-6-7-12-20(19)28-14-13-23(26)15-17-9-8-10-18(16-23)24(17)21(25)29-22(2,3)4/h6-7,11-12,17-18,26H,5,8-10,13-16H2,1-4H3. The van der Waals surface area contributed by atoms with E-state index in [0.717, 1.165) is 25.0 Å². The van der Waals surface area contributed by atoms with Gasteiger partial charge in [0.05, 0.1) is 18.8 Å². The van der Waals surface area contributed by atoms with E-state index in [1.54, 1.807) is 0 Å². The van der Waals surface area contributed by atoms with Gasteiger partial charge in [0.2, 0.25) is 0 Å². The van der Waals surface area contributed by atoms with Crippen molar-refractivity contribution in [1.82, 2.24) is 4.90 Å². The molecule has 1 aromatic carbocycles. The highest BCUT2D eigenvalue weighted by molar-refractivity contribution is 5.69. The molecule has 0 saturated carbocycles. The Labute approximate surface area is 174 Å². The molecule has 162 valence electrons. The van der Waals surface area contributed by atoms with Crippen LogP contribution in [0.3, 0.4) is 0 Å². The Bertz CT molecular complexity index is 685. The normalized spacial score (nSPS) is 26.7. The van der Waals surface area contributed by atoms with E-state index in [1.165, 1.54) is 0 Å². The van der Waals surface area contributed by atoms with Crippen LogP contribution in [0, 0.1) is 0 Å². The van der Waals surface area contributed by atoms with Gasteiger partial charge in [0.15, 0.2) is 11.5 Å². The Morgan fingerprint density at radius 2 is 1.72 bits per heavy atom. The number of fused-ring (bicyclic) bond motifs is 2. The lowest BCUT2D eigenvalue weighted by Gasteiger charge is -2.51. The Kier molecular flexibility index (Phi) is 6.62. The van der Waals surface area contributed by atoms with Crippen LogP contribution >= 0.6 is 0 Å². The molecule has 0 aliphatic carbocycles. The van der Waals surface area contributed by atoms with Crippen molar-refractivity contribution in [3.05, 3.63) is 24.3 Å². The maximum absolute atomic E-state index is 12.7. The van der Waals surface area contributed by atoms with E-state index in [1.807, 2.05) is 56.9 Å². The second kappa shape index (κ2) is 8.82. The van der Waals surface area contributed by atoms with E-state index in [9.17, 15) is 9.90 Å².